The van der Waals surface area contributed by atoms with Crippen molar-refractivity contribution in [2.24, 2.45) is 11.7 Å². The van der Waals surface area contributed by atoms with E-state index in [1.807, 2.05) is 0 Å². The fourth-order valence-corrected chi connectivity index (χ4v) is 2.20. The fraction of sp³-hybridized carbons (Fsp3) is 1.00. The zero-order valence-electron chi connectivity index (χ0n) is 7.51. The molecule has 0 aromatic carbocycles. The van der Waals surface area contributed by atoms with Crippen LogP contribution in [-0.2, 0) is 0 Å². The Morgan fingerprint density at radius 1 is 1.55 bits per heavy atom. The maximum Gasteiger partial charge on any atom is 0.0316 e. The topological polar surface area (TPSA) is 29.3 Å². The lowest BCUT2D eigenvalue weighted by Gasteiger charge is -2.33. The SMILES string of the molecule is CC(C)N1CC[C@@H]2C[C@]2(N)C1. The zero-order chi connectivity index (χ0) is 8.06. The van der Waals surface area contributed by atoms with Gasteiger partial charge in [0.2, 0.25) is 0 Å². The van der Waals surface area contributed by atoms with E-state index < -0.39 is 0 Å². The van der Waals surface area contributed by atoms with E-state index >= 15 is 0 Å². The Hall–Kier alpha value is -0.0800. The van der Waals surface area contributed by atoms with Gasteiger partial charge in [-0.25, -0.2) is 0 Å². The molecular weight excluding hydrogens is 136 g/mol. The van der Waals surface area contributed by atoms with Gasteiger partial charge >= 0.3 is 0 Å². The summed E-state index contributed by atoms with van der Waals surface area (Å²) >= 11 is 0. The largest absolute Gasteiger partial charge is 0.324 e. The van der Waals surface area contributed by atoms with Gasteiger partial charge in [-0.1, -0.05) is 0 Å². The molecular formula is C9H18N2. The van der Waals surface area contributed by atoms with Crippen LogP contribution in [0.15, 0.2) is 0 Å². The molecule has 1 saturated carbocycles. The van der Waals surface area contributed by atoms with Gasteiger partial charge in [0, 0.05) is 18.1 Å². The van der Waals surface area contributed by atoms with E-state index in [2.05, 4.69) is 18.7 Å². The van der Waals surface area contributed by atoms with Gasteiger partial charge in [0.25, 0.3) is 0 Å². The molecule has 2 atom stereocenters. The highest BCUT2D eigenvalue weighted by Gasteiger charge is 2.53. The van der Waals surface area contributed by atoms with Gasteiger partial charge in [-0.05, 0) is 39.2 Å². The van der Waals surface area contributed by atoms with Gasteiger partial charge in [-0.3, -0.25) is 4.90 Å². The molecule has 64 valence electrons. The van der Waals surface area contributed by atoms with Crippen LogP contribution >= 0.6 is 0 Å². The first-order chi connectivity index (χ1) is 5.12. The van der Waals surface area contributed by atoms with Gasteiger partial charge in [-0.2, -0.15) is 0 Å². The summed E-state index contributed by atoms with van der Waals surface area (Å²) in [6.07, 6.45) is 2.60. The molecule has 2 nitrogen and oxygen atoms in total. The molecule has 1 heterocycles. The minimum atomic E-state index is 0.225. The Morgan fingerprint density at radius 2 is 2.27 bits per heavy atom. The van der Waals surface area contributed by atoms with Crippen molar-refractivity contribution in [3.63, 3.8) is 0 Å². The Labute approximate surface area is 68.7 Å². The predicted molar refractivity (Wildman–Crippen MR) is 46.4 cm³/mol. The first-order valence-corrected chi connectivity index (χ1v) is 4.65. The van der Waals surface area contributed by atoms with Gasteiger partial charge in [0.1, 0.15) is 0 Å². The smallest absolute Gasteiger partial charge is 0.0316 e. The summed E-state index contributed by atoms with van der Waals surface area (Å²) in [6.45, 7) is 6.91. The molecule has 2 rings (SSSR count). The number of rotatable bonds is 1. The first kappa shape index (κ1) is 7.56. The Balaban J connectivity index is 1.97. The summed E-state index contributed by atoms with van der Waals surface area (Å²) in [6, 6.07) is 0.678. The van der Waals surface area contributed by atoms with Crippen molar-refractivity contribution in [1.82, 2.24) is 4.90 Å². The van der Waals surface area contributed by atoms with Crippen molar-refractivity contribution >= 4 is 0 Å². The maximum absolute atomic E-state index is 6.14. The Bertz CT molecular complexity index is 167. The lowest BCUT2D eigenvalue weighted by Crippen LogP contribution is -2.48. The van der Waals surface area contributed by atoms with Crippen LogP contribution < -0.4 is 5.73 Å². The van der Waals surface area contributed by atoms with E-state index in [4.69, 9.17) is 5.73 Å². The summed E-state index contributed by atoms with van der Waals surface area (Å²) < 4.78 is 0. The lowest BCUT2D eigenvalue weighted by atomic mass is 10.1. The van der Waals surface area contributed by atoms with Gasteiger partial charge < -0.3 is 5.73 Å². The number of likely N-dealkylation sites (tertiary alicyclic amines) is 1. The predicted octanol–water partition coefficient (Wildman–Crippen LogP) is 0.818. The molecule has 0 bridgehead atoms. The molecule has 0 radical (unpaired) electrons. The highest BCUT2D eigenvalue weighted by molar-refractivity contribution is 5.12. The second-order valence-corrected chi connectivity index (χ2v) is 4.49. The number of nitrogens with two attached hydrogens (primary N) is 1. The van der Waals surface area contributed by atoms with Gasteiger partial charge in [-0.15, -0.1) is 0 Å². The molecule has 1 saturated heterocycles. The molecule has 1 aliphatic heterocycles. The van der Waals surface area contributed by atoms with Crippen LogP contribution in [0.2, 0.25) is 0 Å². The average molecular weight is 154 g/mol. The lowest BCUT2D eigenvalue weighted by molar-refractivity contribution is 0.164. The Morgan fingerprint density at radius 3 is 2.82 bits per heavy atom. The minimum Gasteiger partial charge on any atom is -0.324 e. The van der Waals surface area contributed by atoms with Gasteiger partial charge in [0.05, 0.1) is 0 Å². The standard InChI is InChI=1S/C9H18N2/c1-7(2)11-4-3-8-5-9(8,10)6-11/h7-8H,3-6,10H2,1-2H3/t8-,9+/m1/s1. The second-order valence-electron chi connectivity index (χ2n) is 4.49. The number of fused-ring (bicyclic) bond motifs is 1. The normalized spacial score (nSPS) is 44.2. The van der Waals surface area contributed by atoms with E-state index in [1.54, 1.807) is 0 Å². The second kappa shape index (κ2) is 2.20. The number of nitrogens with zero attached hydrogens (tertiary/aromatic N) is 1. The first-order valence-electron chi connectivity index (χ1n) is 4.65. The zero-order valence-corrected chi connectivity index (χ0v) is 7.51. The summed E-state index contributed by atoms with van der Waals surface area (Å²) in [7, 11) is 0. The van der Waals surface area contributed by atoms with Crippen LogP contribution in [0.1, 0.15) is 26.7 Å². The Kier molecular flexibility index (Phi) is 1.52. The van der Waals surface area contributed by atoms with Crippen LogP contribution in [0.3, 0.4) is 0 Å². The number of hydrogen-bond donors (Lipinski definition) is 1. The molecule has 0 spiro atoms. The van der Waals surface area contributed by atoms with Crippen molar-refractivity contribution in [3.05, 3.63) is 0 Å². The summed E-state index contributed by atoms with van der Waals surface area (Å²) in [4.78, 5) is 2.50. The van der Waals surface area contributed by atoms with E-state index in [1.165, 1.54) is 19.4 Å². The van der Waals surface area contributed by atoms with Crippen LogP contribution in [0.25, 0.3) is 0 Å². The van der Waals surface area contributed by atoms with Crippen LogP contribution in [-0.4, -0.2) is 29.6 Å². The van der Waals surface area contributed by atoms with Crippen molar-refractivity contribution in [1.29, 1.82) is 0 Å². The van der Waals surface area contributed by atoms with Crippen LogP contribution in [0, 0.1) is 5.92 Å². The monoisotopic (exact) mass is 154 g/mol. The number of piperidine rings is 1. The molecule has 2 N–H and O–H groups in total. The van der Waals surface area contributed by atoms with Crippen molar-refractivity contribution in [2.45, 2.75) is 38.3 Å². The summed E-state index contributed by atoms with van der Waals surface area (Å²) in [5.74, 6) is 0.859. The van der Waals surface area contributed by atoms with E-state index in [0.29, 0.717) is 6.04 Å². The van der Waals surface area contributed by atoms with E-state index in [0.717, 1.165) is 12.5 Å². The minimum absolute atomic E-state index is 0.225. The van der Waals surface area contributed by atoms with Crippen molar-refractivity contribution in [3.8, 4) is 0 Å². The summed E-state index contributed by atoms with van der Waals surface area (Å²) in [5, 5.41) is 0. The third-order valence-corrected chi connectivity index (χ3v) is 3.27. The van der Waals surface area contributed by atoms with Crippen LogP contribution in [0.4, 0.5) is 0 Å². The average Bonchev–Trinajstić information content (AvgIpc) is 2.58. The number of hydrogen-bond acceptors (Lipinski definition) is 2. The van der Waals surface area contributed by atoms with E-state index in [-0.39, 0.29) is 5.54 Å². The van der Waals surface area contributed by atoms with Gasteiger partial charge in [0.15, 0.2) is 0 Å². The molecule has 0 unspecified atom stereocenters. The molecule has 0 amide bonds. The molecule has 2 heteroatoms. The third-order valence-electron chi connectivity index (χ3n) is 3.27. The fourth-order valence-electron chi connectivity index (χ4n) is 2.20. The van der Waals surface area contributed by atoms with Crippen molar-refractivity contribution < 1.29 is 0 Å². The molecule has 0 aromatic heterocycles. The maximum atomic E-state index is 6.14. The highest BCUT2D eigenvalue weighted by atomic mass is 15.2. The highest BCUT2D eigenvalue weighted by Crippen LogP contribution is 2.47. The molecule has 2 fully saturated rings. The molecule has 1 aliphatic carbocycles. The van der Waals surface area contributed by atoms with E-state index in [9.17, 15) is 0 Å². The molecule has 0 aromatic rings. The summed E-state index contributed by atoms with van der Waals surface area (Å²) in [5.41, 5.74) is 6.36. The van der Waals surface area contributed by atoms with Crippen molar-refractivity contribution in [2.75, 3.05) is 13.1 Å². The molecule has 2 aliphatic rings. The quantitative estimate of drug-likeness (QED) is 0.606. The third kappa shape index (κ3) is 1.18. The van der Waals surface area contributed by atoms with Crippen LogP contribution in [0.5, 0.6) is 0 Å². The molecule has 11 heavy (non-hydrogen) atoms.